The van der Waals surface area contributed by atoms with Gasteiger partial charge in [-0.3, -0.25) is 9.63 Å². The van der Waals surface area contributed by atoms with E-state index in [2.05, 4.69) is 0 Å². The van der Waals surface area contributed by atoms with Crippen molar-refractivity contribution >= 4 is 22.5 Å². The second-order valence-electron chi connectivity index (χ2n) is 5.08. The number of rotatable bonds is 3. The number of nitrogens with zero attached hydrogens (tertiary/aromatic N) is 2. The summed E-state index contributed by atoms with van der Waals surface area (Å²) in [6.07, 6.45) is 0. The van der Waals surface area contributed by atoms with Crippen LogP contribution in [0, 0.1) is 5.82 Å². The minimum atomic E-state index is -0.412. The third-order valence-electron chi connectivity index (χ3n) is 3.74. The number of aromatic nitrogens is 1. The van der Waals surface area contributed by atoms with Crippen LogP contribution in [0.2, 0.25) is 0 Å². The fraction of sp³-hybridized carbons (Fsp3) is 0.118. The van der Waals surface area contributed by atoms with Crippen LogP contribution in [0.1, 0.15) is 10.5 Å². The molecule has 1 aromatic heterocycles. The fourth-order valence-electron chi connectivity index (χ4n) is 2.59. The number of para-hydroxylation sites is 1. The van der Waals surface area contributed by atoms with E-state index >= 15 is 0 Å². The van der Waals surface area contributed by atoms with Crippen LogP contribution in [0.3, 0.4) is 0 Å². The lowest BCUT2D eigenvalue weighted by Crippen LogP contribution is -2.28. The molecular formula is C17H16FN3O2. The van der Waals surface area contributed by atoms with Gasteiger partial charge in [0.25, 0.3) is 5.91 Å². The Morgan fingerprint density at radius 2 is 1.96 bits per heavy atom. The van der Waals surface area contributed by atoms with E-state index in [1.165, 1.54) is 26.3 Å². The van der Waals surface area contributed by atoms with E-state index in [0.29, 0.717) is 11.4 Å². The molecule has 1 amide bonds. The maximum absolute atomic E-state index is 13.7. The summed E-state index contributed by atoms with van der Waals surface area (Å²) in [5.74, 6) is -0.803. The van der Waals surface area contributed by atoms with Crippen LogP contribution in [-0.2, 0) is 4.84 Å². The molecule has 0 saturated heterocycles. The lowest BCUT2D eigenvalue weighted by Gasteiger charge is -2.16. The molecule has 2 aromatic carbocycles. The van der Waals surface area contributed by atoms with Crippen molar-refractivity contribution in [1.82, 2.24) is 9.63 Å². The van der Waals surface area contributed by atoms with Gasteiger partial charge >= 0.3 is 0 Å². The predicted molar refractivity (Wildman–Crippen MR) is 86.7 cm³/mol. The van der Waals surface area contributed by atoms with Crippen molar-refractivity contribution in [3.8, 4) is 5.69 Å². The minimum absolute atomic E-state index is 0.237. The number of fused-ring (bicyclic) bond motifs is 1. The lowest BCUT2D eigenvalue weighted by molar-refractivity contribution is -0.0760. The lowest BCUT2D eigenvalue weighted by atomic mass is 10.2. The molecule has 0 spiro atoms. The SMILES string of the molecule is CON(C)C(=O)c1c(N)c2ccccc2n1-c1cccc(F)c1. The van der Waals surface area contributed by atoms with Gasteiger partial charge < -0.3 is 10.3 Å². The van der Waals surface area contributed by atoms with Crippen LogP contribution < -0.4 is 5.73 Å². The number of amides is 1. The summed E-state index contributed by atoms with van der Waals surface area (Å²) in [6.45, 7) is 0. The summed E-state index contributed by atoms with van der Waals surface area (Å²) in [7, 11) is 2.89. The fourth-order valence-corrected chi connectivity index (χ4v) is 2.59. The van der Waals surface area contributed by atoms with Crippen molar-refractivity contribution in [2.75, 3.05) is 19.9 Å². The van der Waals surface area contributed by atoms with Crippen molar-refractivity contribution in [2.24, 2.45) is 0 Å². The molecule has 1 heterocycles. The van der Waals surface area contributed by atoms with Crippen molar-refractivity contribution in [3.63, 3.8) is 0 Å². The summed E-state index contributed by atoms with van der Waals surface area (Å²) in [5.41, 5.74) is 8.00. The number of hydroxylamine groups is 2. The Balaban J connectivity index is 2.36. The number of halogens is 1. The van der Waals surface area contributed by atoms with Crippen molar-refractivity contribution in [2.45, 2.75) is 0 Å². The molecule has 23 heavy (non-hydrogen) atoms. The van der Waals surface area contributed by atoms with Crippen LogP contribution in [0.4, 0.5) is 10.1 Å². The zero-order valence-corrected chi connectivity index (χ0v) is 12.8. The first kappa shape index (κ1) is 15.1. The Bertz CT molecular complexity index is 889. The van der Waals surface area contributed by atoms with E-state index in [-0.39, 0.29) is 5.69 Å². The van der Waals surface area contributed by atoms with E-state index in [9.17, 15) is 9.18 Å². The highest BCUT2D eigenvalue weighted by atomic mass is 19.1. The van der Waals surface area contributed by atoms with Crippen molar-refractivity contribution < 1.29 is 14.0 Å². The molecule has 0 radical (unpaired) electrons. The number of nitrogen functional groups attached to an aromatic ring is 1. The van der Waals surface area contributed by atoms with Gasteiger partial charge in [0.1, 0.15) is 11.5 Å². The van der Waals surface area contributed by atoms with Gasteiger partial charge in [-0.15, -0.1) is 0 Å². The normalized spacial score (nSPS) is 10.9. The minimum Gasteiger partial charge on any atom is -0.396 e. The number of hydrogen-bond acceptors (Lipinski definition) is 3. The number of benzene rings is 2. The number of anilines is 1. The average Bonchev–Trinajstić information content (AvgIpc) is 2.86. The van der Waals surface area contributed by atoms with E-state index in [1.54, 1.807) is 16.7 Å². The van der Waals surface area contributed by atoms with Crippen LogP contribution >= 0.6 is 0 Å². The number of hydrogen-bond donors (Lipinski definition) is 1. The van der Waals surface area contributed by atoms with E-state index in [0.717, 1.165) is 16.0 Å². The van der Waals surface area contributed by atoms with E-state index < -0.39 is 11.7 Å². The van der Waals surface area contributed by atoms with Gasteiger partial charge in [-0.2, -0.15) is 0 Å². The van der Waals surface area contributed by atoms with E-state index in [1.807, 2.05) is 24.3 Å². The Morgan fingerprint density at radius 1 is 1.22 bits per heavy atom. The summed E-state index contributed by atoms with van der Waals surface area (Å²) >= 11 is 0. The number of nitrogens with two attached hydrogens (primary N) is 1. The Morgan fingerprint density at radius 3 is 2.65 bits per heavy atom. The molecule has 0 aliphatic heterocycles. The third-order valence-corrected chi connectivity index (χ3v) is 3.74. The zero-order valence-electron chi connectivity index (χ0n) is 12.8. The quantitative estimate of drug-likeness (QED) is 0.756. The predicted octanol–water partition coefficient (Wildman–Crippen LogP) is 2.99. The van der Waals surface area contributed by atoms with Crippen LogP contribution in [0.15, 0.2) is 48.5 Å². The van der Waals surface area contributed by atoms with Gasteiger partial charge in [0.2, 0.25) is 0 Å². The maximum atomic E-state index is 13.7. The molecule has 0 bridgehead atoms. The molecule has 2 N–H and O–H groups in total. The van der Waals surface area contributed by atoms with Gasteiger partial charge in [-0.25, -0.2) is 9.45 Å². The standard InChI is InChI=1S/C17H16FN3O2/c1-20(23-2)17(22)16-15(19)13-8-3-4-9-14(13)21(16)12-7-5-6-11(18)10-12/h3-10H,19H2,1-2H3. The van der Waals surface area contributed by atoms with Gasteiger partial charge in [-0.1, -0.05) is 24.3 Å². The molecule has 0 fully saturated rings. The molecule has 0 aliphatic rings. The number of carbonyl (C=O) groups excluding carboxylic acids is 1. The van der Waals surface area contributed by atoms with Gasteiger partial charge in [0.15, 0.2) is 0 Å². The molecule has 6 heteroatoms. The molecule has 3 rings (SSSR count). The van der Waals surface area contributed by atoms with Crippen LogP contribution in [0.25, 0.3) is 16.6 Å². The molecule has 0 unspecified atom stereocenters. The Labute approximate surface area is 132 Å². The summed E-state index contributed by atoms with van der Waals surface area (Å²) in [4.78, 5) is 17.6. The van der Waals surface area contributed by atoms with Crippen molar-refractivity contribution in [3.05, 3.63) is 60.0 Å². The highest BCUT2D eigenvalue weighted by molar-refractivity contribution is 6.08. The molecule has 3 aromatic rings. The number of carbonyl (C=O) groups is 1. The first-order chi connectivity index (χ1) is 11.0. The highest BCUT2D eigenvalue weighted by Crippen LogP contribution is 2.32. The summed E-state index contributed by atoms with van der Waals surface area (Å²) in [6, 6.07) is 13.3. The molecule has 0 atom stereocenters. The average molecular weight is 313 g/mol. The molecule has 118 valence electrons. The zero-order chi connectivity index (χ0) is 16.6. The second-order valence-corrected chi connectivity index (χ2v) is 5.08. The summed E-state index contributed by atoms with van der Waals surface area (Å²) < 4.78 is 15.3. The Hall–Kier alpha value is -2.86. The largest absolute Gasteiger partial charge is 0.396 e. The highest BCUT2D eigenvalue weighted by Gasteiger charge is 2.24. The maximum Gasteiger partial charge on any atom is 0.296 e. The molecule has 0 aliphatic carbocycles. The molecular weight excluding hydrogens is 297 g/mol. The van der Waals surface area contributed by atoms with Gasteiger partial charge in [0, 0.05) is 18.1 Å². The monoisotopic (exact) mass is 313 g/mol. The second kappa shape index (κ2) is 5.73. The smallest absolute Gasteiger partial charge is 0.296 e. The van der Waals surface area contributed by atoms with E-state index in [4.69, 9.17) is 10.6 Å². The first-order valence-corrected chi connectivity index (χ1v) is 7.01. The van der Waals surface area contributed by atoms with Gasteiger partial charge in [0.05, 0.1) is 18.3 Å². The van der Waals surface area contributed by atoms with Crippen LogP contribution in [0.5, 0.6) is 0 Å². The topological polar surface area (TPSA) is 60.5 Å². The first-order valence-electron chi connectivity index (χ1n) is 7.01. The molecule has 5 nitrogen and oxygen atoms in total. The summed E-state index contributed by atoms with van der Waals surface area (Å²) in [5, 5.41) is 1.81. The third kappa shape index (κ3) is 2.43. The van der Waals surface area contributed by atoms with Crippen LogP contribution in [-0.4, -0.2) is 29.7 Å². The molecule has 0 saturated carbocycles. The van der Waals surface area contributed by atoms with Crippen molar-refractivity contribution in [1.29, 1.82) is 0 Å². The Kier molecular flexibility index (Phi) is 3.75. The van der Waals surface area contributed by atoms with Gasteiger partial charge in [-0.05, 0) is 24.3 Å².